The molecule has 3 aliphatic rings. The number of nitrogens with one attached hydrogen (secondary N) is 2. The van der Waals surface area contributed by atoms with Crippen LogP contribution in [0.25, 0.3) is 0 Å². The van der Waals surface area contributed by atoms with Gasteiger partial charge in [0.2, 0.25) is 11.8 Å². The van der Waals surface area contributed by atoms with E-state index in [1.807, 2.05) is 4.90 Å². The van der Waals surface area contributed by atoms with Crippen molar-refractivity contribution in [3.05, 3.63) is 0 Å². The third kappa shape index (κ3) is 3.24. The van der Waals surface area contributed by atoms with Crippen LogP contribution in [-0.4, -0.2) is 53.0 Å². The van der Waals surface area contributed by atoms with Crippen LogP contribution in [0, 0.1) is 5.41 Å². The van der Waals surface area contributed by atoms with Crippen molar-refractivity contribution >= 4 is 36.0 Å². The van der Waals surface area contributed by atoms with Gasteiger partial charge in [-0.25, -0.2) is 0 Å². The Bertz CT molecular complexity index is 456. The minimum Gasteiger partial charge on any atom is -0.354 e. The zero-order chi connectivity index (χ0) is 15.1. The highest BCUT2D eigenvalue weighted by Gasteiger charge is 2.52. The summed E-state index contributed by atoms with van der Waals surface area (Å²) in [4.78, 5) is 26.3. The van der Waals surface area contributed by atoms with E-state index in [1.54, 1.807) is 11.8 Å². The van der Waals surface area contributed by atoms with Crippen molar-refractivity contribution in [1.82, 2.24) is 15.5 Å². The molecule has 2 atom stereocenters. The Morgan fingerprint density at radius 3 is 2.73 bits per heavy atom. The van der Waals surface area contributed by atoms with Crippen LogP contribution in [0.15, 0.2) is 0 Å². The fourth-order valence-electron chi connectivity index (χ4n) is 3.64. The molecule has 0 radical (unpaired) electrons. The molecule has 2 unspecified atom stereocenters. The maximum Gasteiger partial charge on any atom is 0.243 e. The molecule has 5 nitrogen and oxygen atoms in total. The van der Waals surface area contributed by atoms with Gasteiger partial charge in [0.25, 0.3) is 0 Å². The van der Waals surface area contributed by atoms with Crippen molar-refractivity contribution in [2.75, 3.05) is 25.4 Å². The lowest BCUT2D eigenvalue weighted by atomic mass is 9.81. The summed E-state index contributed by atoms with van der Waals surface area (Å²) in [5, 5.41) is 6.47. The van der Waals surface area contributed by atoms with Crippen molar-refractivity contribution in [3.8, 4) is 0 Å². The molecule has 0 bridgehead atoms. The van der Waals surface area contributed by atoms with Crippen LogP contribution in [0.1, 0.15) is 39.5 Å². The quantitative estimate of drug-likeness (QED) is 0.809. The summed E-state index contributed by atoms with van der Waals surface area (Å²) in [6.07, 6.45) is 3.63. The van der Waals surface area contributed by atoms with Gasteiger partial charge in [-0.1, -0.05) is 6.92 Å². The molecule has 0 aromatic carbocycles. The summed E-state index contributed by atoms with van der Waals surface area (Å²) in [5.41, 5.74) is 0.185. The van der Waals surface area contributed by atoms with E-state index in [0.717, 1.165) is 38.1 Å². The first-order valence-corrected chi connectivity index (χ1v) is 8.87. The average Bonchev–Trinajstić information content (AvgIpc) is 2.95. The SMILES string of the molecule is CC1(CNC(=O)C2CSC3(C)CCC(=O)N23)CCNCC1.Cl. The van der Waals surface area contributed by atoms with Gasteiger partial charge in [-0.15, -0.1) is 24.2 Å². The first-order valence-electron chi connectivity index (χ1n) is 7.88. The van der Waals surface area contributed by atoms with Gasteiger partial charge >= 0.3 is 0 Å². The summed E-state index contributed by atoms with van der Waals surface area (Å²) in [6, 6.07) is -0.277. The van der Waals surface area contributed by atoms with Crippen LogP contribution in [0.4, 0.5) is 0 Å². The summed E-state index contributed by atoms with van der Waals surface area (Å²) in [6.45, 7) is 7.09. The van der Waals surface area contributed by atoms with Crippen LogP contribution in [0.2, 0.25) is 0 Å². The van der Waals surface area contributed by atoms with Gasteiger partial charge in [0, 0.05) is 18.7 Å². The molecule has 0 aromatic heterocycles. The third-order valence-electron chi connectivity index (χ3n) is 5.25. The molecule has 2 N–H and O–H groups in total. The molecule has 2 amide bonds. The highest BCUT2D eigenvalue weighted by atomic mass is 35.5. The Kier molecular flexibility index (Phi) is 5.34. The van der Waals surface area contributed by atoms with Gasteiger partial charge in [-0.05, 0) is 44.7 Å². The molecule has 3 heterocycles. The number of amides is 2. The molecule has 7 heteroatoms. The average molecular weight is 348 g/mol. The minimum atomic E-state index is -0.277. The molecule has 3 saturated heterocycles. The summed E-state index contributed by atoms with van der Waals surface area (Å²) < 4.78 is 0. The van der Waals surface area contributed by atoms with Gasteiger partial charge in [0.05, 0.1) is 4.87 Å². The van der Waals surface area contributed by atoms with Gasteiger partial charge < -0.3 is 15.5 Å². The summed E-state index contributed by atoms with van der Waals surface area (Å²) >= 11 is 1.75. The number of nitrogens with zero attached hydrogens (tertiary/aromatic N) is 1. The topological polar surface area (TPSA) is 61.4 Å². The molecule has 0 aromatic rings. The molecule has 0 saturated carbocycles. The van der Waals surface area contributed by atoms with Crippen LogP contribution >= 0.6 is 24.2 Å². The lowest BCUT2D eigenvalue weighted by Gasteiger charge is -2.35. The number of carbonyl (C=O) groups excluding carboxylic acids is 2. The Morgan fingerprint density at radius 1 is 1.36 bits per heavy atom. The Hall–Kier alpha value is -0.460. The molecule has 22 heavy (non-hydrogen) atoms. The zero-order valence-corrected chi connectivity index (χ0v) is 14.9. The molecule has 3 aliphatic heterocycles. The van der Waals surface area contributed by atoms with Crippen LogP contribution in [0.3, 0.4) is 0 Å². The molecular formula is C15H26ClN3O2S. The zero-order valence-electron chi connectivity index (χ0n) is 13.3. The Morgan fingerprint density at radius 2 is 2.05 bits per heavy atom. The normalized spacial score (nSPS) is 33.3. The number of hydrogen-bond donors (Lipinski definition) is 2. The van der Waals surface area contributed by atoms with Crippen molar-refractivity contribution in [1.29, 1.82) is 0 Å². The maximum atomic E-state index is 12.5. The number of halogens is 1. The highest BCUT2D eigenvalue weighted by Crippen LogP contribution is 2.47. The third-order valence-corrected chi connectivity index (χ3v) is 6.75. The molecular weight excluding hydrogens is 322 g/mol. The van der Waals surface area contributed by atoms with Gasteiger partial charge in [0.15, 0.2) is 0 Å². The van der Waals surface area contributed by atoms with Crippen LogP contribution in [-0.2, 0) is 9.59 Å². The first-order chi connectivity index (χ1) is 9.94. The molecule has 3 rings (SSSR count). The van der Waals surface area contributed by atoms with Crippen molar-refractivity contribution < 1.29 is 9.59 Å². The van der Waals surface area contributed by atoms with E-state index in [1.165, 1.54) is 0 Å². The van der Waals surface area contributed by atoms with E-state index in [2.05, 4.69) is 24.5 Å². The van der Waals surface area contributed by atoms with Crippen molar-refractivity contribution in [3.63, 3.8) is 0 Å². The fourth-order valence-corrected chi connectivity index (χ4v) is 5.07. The van der Waals surface area contributed by atoms with Gasteiger partial charge in [-0.3, -0.25) is 9.59 Å². The van der Waals surface area contributed by atoms with Crippen molar-refractivity contribution in [2.45, 2.75) is 50.4 Å². The number of rotatable bonds is 3. The van der Waals surface area contributed by atoms with E-state index in [-0.39, 0.29) is 40.5 Å². The van der Waals surface area contributed by atoms with E-state index in [9.17, 15) is 9.59 Å². The first kappa shape index (κ1) is 17.9. The van der Waals surface area contributed by atoms with Crippen molar-refractivity contribution in [2.24, 2.45) is 5.41 Å². The highest BCUT2D eigenvalue weighted by molar-refractivity contribution is 8.01. The Labute approximate surface area is 142 Å². The second-order valence-corrected chi connectivity index (χ2v) is 8.55. The van der Waals surface area contributed by atoms with Gasteiger partial charge in [-0.2, -0.15) is 0 Å². The number of fused-ring (bicyclic) bond motifs is 1. The van der Waals surface area contributed by atoms with Crippen LogP contribution < -0.4 is 10.6 Å². The predicted molar refractivity (Wildman–Crippen MR) is 91.2 cm³/mol. The maximum absolute atomic E-state index is 12.5. The van der Waals surface area contributed by atoms with E-state index >= 15 is 0 Å². The monoisotopic (exact) mass is 347 g/mol. The number of thioether (sulfide) groups is 1. The molecule has 3 fully saturated rings. The summed E-state index contributed by atoms with van der Waals surface area (Å²) in [5.74, 6) is 0.892. The lowest BCUT2D eigenvalue weighted by Crippen LogP contribution is -2.52. The predicted octanol–water partition coefficient (Wildman–Crippen LogP) is 1.37. The standard InChI is InChI=1S/C15H25N3O2S.ClH/c1-14(5-7-16-8-6-14)10-17-13(20)11-9-21-15(2)4-3-12(19)18(11)15;/h11,16H,3-10H2,1-2H3,(H,17,20);1H. The molecule has 0 aliphatic carbocycles. The number of piperidine rings is 1. The molecule has 0 spiro atoms. The minimum absolute atomic E-state index is 0. The van der Waals surface area contributed by atoms with E-state index in [4.69, 9.17) is 0 Å². The second kappa shape index (κ2) is 6.57. The smallest absolute Gasteiger partial charge is 0.243 e. The summed E-state index contributed by atoms with van der Waals surface area (Å²) in [7, 11) is 0. The lowest BCUT2D eigenvalue weighted by molar-refractivity contribution is -0.138. The number of carbonyl (C=O) groups is 2. The largest absolute Gasteiger partial charge is 0.354 e. The van der Waals surface area contributed by atoms with E-state index < -0.39 is 0 Å². The van der Waals surface area contributed by atoms with Crippen LogP contribution in [0.5, 0.6) is 0 Å². The molecule has 126 valence electrons. The van der Waals surface area contributed by atoms with E-state index in [0.29, 0.717) is 13.0 Å². The van der Waals surface area contributed by atoms with Gasteiger partial charge in [0.1, 0.15) is 6.04 Å². The fraction of sp³-hybridized carbons (Fsp3) is 0.867. The second-order valence-electron chi connectivity index (χ2n) is 7.04. The number of hydrogen-bond acceptors (Lipinski definition) is 4. The Balaban J connectivity index is 0.00000176.